The minimum absolute atomic E-state index is 0.636. The van der Waals surface area contributed by atoms with Gasteiger partial charge in [-0.25, -0.2) is 0 Å². The van der Waals surface area contributed by atoms with Gasteiger partial charge in [-0.05, 0) is 50.1 Å². The molecule has 2 rings (SSSR count). The minimum atomic E-state index is 0.636. The van der Waals surface area contributed by atoms with E-state index in [9.17, 15) is 0 Å². The normalized spacial score (nSPS) is 11.0. The molecule has 0 fully saturated rings. The molecule has 84 valence electrons. The number of hydrogen-bond donors (Lipinski definition) is 1. The lowest BCUT2D eigenvalue weighted by Gasteiger charge is -2.09. The molecular formula is C13H15ClN2. The van der Waals surface area contributed by atoms with E-state index in [-0.39, 0.29) is 0 Å². The maximum atomic E-state index is 6.18. The van der Waals surface area contributed by atoms with E-state index in [1.807, 2.05) is 26.0 Å². The first-order chi connectivity index (χ1) is 7.63. The second-order valence-corrected chi connectivity index (χ2v) is 4.44. The highest BCUT2D eigenvalue weighted by atomic mass is 35.5. The first kappa shape index (κ1) is 11.4. The van der Waals surface area contributed by atoms with Crippen LogP contribution in [0.4, 0.5) is 0 Å². The Balaban J connectivity index is 2.73. The number of halogens is 1. The van der Waals surface area contributed by atoms with Crippen molar-refractivity contribution in [1.82, 2.24) is 4.98 Å². The van der Waals surface area contributed by atoms with Gasteiger partial charge in [0.1, 0.15) is 0 Å². The van der Waals surface area contributed by atoms with E-state index in [1.165, 1.54) is 5.56 Å². The second-order valence-electron chi connectivity index (χ2n) is 4.03. The van der Waals surface area contributed by atoms with Crippen LogP contribution in [-0.2, 0) is 6.42 Å². The standard InChI is InChI=1S/C13H15ClN2/c1-8-3-4-12(14)11-7-10(5-6-15)9(2)16-13(8)11/h3-4,7H,5-6,15H2,1-2H3. The number of hydrogen-bond acceptors (Lipinski definition) is 2. The van der Waals surface area contributed by atoms with Crippen molar-refractivity contribution in [3.05, 3.63) is 40.0 Å². The minimum Gasteiger partial charge on any atom is -0.330 e. The number of rotatable bonds is 2. The molecule has 0 saturated carbocycles. The number of fused-ring (bicyclic) bond motifs is 1. The van der Waals surface area contributed by atoms with E-state index in [0.717, 1.165) is 33.6 Å². The highest BCUT2D eigenvalue weighted by Crippen LogP contribution is 2.26. The van der Waals surface area contributed by atoms with Crippen LogP contribution in [0.15, 0.2) is 18.2 Å². The molecule has 16 heavy (non-hydrogen) atoms. The zero-order chi connectivity index (χ0) is 11.7. The van der Waals surface area contributed by atoms with Crippen LogP contribution < -0.4 is 5.73 Å². The smallest absolute Gasteiger partial charge is 0.0749 e. The van der Waals surface area contributed by atoms with Crippen LogP contribution in [0.3, 0.4) is 0 Å². The lowest BCUT2D eigenvalue weighted by molar-refractivity contribution is 0.946. The van der Waals surface area contributed by atoms with Gasteiger partial charge in [0.2, 0.25) is 0 Å². The van der Waals surface area contributed by atoms with Crippen LogP contribution in [0.1, 0.15) is 16.8 Å². The summed E-state index contributed by atoms with van der Waals surface area (Å²) in [6.07, 6.45) is 0.846. The number of aryl methyl sites for hydroxylation is 2. The molecule has 0 saturated heterocycles. The third-order valence-corrected chi connectivity index (χ3v) is 3.17. The molecule has 0 unspecified atom stereocenters. The molecule has 2 nitrogen and oxygen atoms in total. The zero-order valence-electron chi connectivity index (χ0n) is 9.55. The Labute approximate surface area is 100 Å². The number of pyridine rings is 1. The van der Waals surface area contributed by atoms with Crippen LogP contribution in [-0.4, -0.2) is 11.5 Å². The molecule has 0 aliphatic carbocycles. The Morgan fingerprint density at radius 1 is 1.31 bits per heavy atom. The van der Waals surface area contributed by atoms with Crippen molar-refractivity contribution in [1.29, 1.82) is 0 Å². The molecule has 1 heterocycles. The highest BCUT2D eigenvalue weighted by Gasteiger charge is 2.07. The van der Waals surface area contributed by atoms with Gasteiger partial charge in [0.25, 0.3) is 0 Å². The Morgan fingerprint density at radius 3 is 2.75 bits per heavy atom. The van der Waals surface area contributed by atoms with Gasteiger partial charge in [-0.2, -0.15) is 0 Å². The van der Waals surface area contributed by atoms with Crippen LogP contribution in [0.5, 0.6) is 0 Å². The lowest BCUT2D eigenvalue weighted by Crippen LogP contribution is -2.05. The second kappa shape index (κ2) is 4.40. The average Bonchev–Trinajstić information content (AvgIpc) is 2.26. The molecule has 0 aliphatic heterocycles. The first-order valence-corrected chi connectivity index (χ1v) is 5.76. The Morgan fingerprint density at radius 2 is 2.06 bits per heavy atom. The molecule has 0 atom stereocenters. The van der Waals surface area contributed by atoms with Crippen molar-refractivity contribution in [3.8, 4) is 0 Å². The zero-order valence-corrected chi connectivity index (χ0v) is 10.3. The molecular weight excluding hydrogens is 220 g/mol. The fraction of sp³-hybridized carbons (Fsp3) is 0.308. The predicted octanol–water partition coefficient (Wildman–Crippen LogP) is 3.01. The SMILES string of the molecule is Cc1nc2c(C)ccc(Cl)c2cc1CCN. The summed E-state index contributed by atoms with van der Waals surface area (Å²) in [7, 11) is 0. The van der Waals surface area contributed by atoms with Crippen LogP contribution in [0.25, 0.3) is 10.9 Å². The molecule has 1 aromatic heterocycles. The average molecular weight is 235 g/mol. The van der Waals surface area contributed by atoms with E-state index in [0.29, 0.717) is 6.54 Å². The predicted molar refractivity (Wildman–Crippen MR) is 69.0 cm³/mol. The van der Waals surface area contributed by atoms with Crippen molar-refractivity contribution >= 4 is 22.5 Å². The summed E-state index contributed by atoms with van der Waals surface area (Å²) in [5.41, 5.74) is 9.95. The van der Waals surface area contributed by atoms with Crippen molar-refractivity contribution < 1.29 is 0 Å². The lowest BCUT2D eigenvalue weighted by atomic mass is 10.0. The third kappa shape index (κ3) is 1.91. The number of nitrogens with zero attached hydrogens (tertiary/aromatic N) is 1. The summed E-state index contributed by atoms with van der Waals surface area (Å²) in [5.74, 6) is 0. The summed E-state index contributed by atoms with van der Waals surface area (Å²) in [4.78, 5) is 4.61. The third-order valence-electron chi connectivity index (χ3n) is 2.84. The van der Waals surface area contributed by atoms with Crippen molar-refractivity contribution in [2.45, 2.75) is 20.3 Å². The number of aromatic nitrogens is 1. The Kier molecular flexibility index (Phi) is 3.13. The van der Waals surface area contributed by atoms with Gasteiger partial charge in [-0.1, -0.05) is 17.7 Å². The van der Waals surface area contributed by atoms with Crippen LogP contribution in [0, 0.1) is 13.8 Å². The molecule has 0 aliphatic rings. The van der Waals surface area contributed by atoms with E-state index >= 15 is 0 Å². The van der Waals surface area contributed by atoms with Crippen molar-refractivity contribution in [2.24, 2.45) is 5.73 Å². The highest BCUT2D eigenvalue weighted by molar-refractivity contribution is 6.35. The van der Waals surface area contributed by atoms with Gasteiger partial charge in [-0.3, -0.25) is 4.98 Å². The Bertz CT molecular complexity index is 535. The summed E-state index contributed by atoms with van der Waals surface area (Å²) in [6, 6.07) is 6.03. The first-order valence-electron chi connectivity index (χ1n) is 5.39. The van der Waals surface area contributed by atoms with Crippen LogP contribution >= 0.6 is 11.6 Å². The summed E-state index contributed by atoms with van der Waals surface area (Å²) < 4.78 is 0. The van der Waals surface area contributed by atoms with Gasteiger partial charge in [-0.15, -0.1) is 0 Å². The molecule has 3 heteroatoms. The molecule has 0 bridgehead atoms. The number of benzene rings is 1. The fourth-order valence-corrected chi connectivity index (χ4v) is 2.11. The monoisotopic (exact) mass is 234 g/mol. The van der Waals surface area contributed by atoms with Gasteiger partial charge in [0, 0.05) is 16.1 Å². The summed E-state index contributed by atoms with van der Waals surface area (Å²) in [6.45, 7) is 4.70. The van der Waals surface area contributed by atoms with E-state index < -0.39 is 0 Å². The largest absolute Gasteiger partial charge is 0.330 e. The molecule has 0 radical (unpaired) electrons. The van der Waals surface area contributed by atoms with E-state index in [4.69, 9.17) is 17.3 Å². The maximum absolute atomic E-state index is 6.18. The molecule has 0 amide bonds. The quantitative estimate of drug-likeness (QED) is 0.868. The topological polar surface area (TPSA) is 38.9 Å². The van der Waals surface area contributed by atoms with E-state index in [1.54, 1.807) is 0 Å². The number of nitrogens with two attached hydrogens (primary N) is 1. The fourth-order valence-electron chi connectivity index (χ4n) is 1.90. The summed E-state index contributed by atoms with van der Waals surface area (Å²) in [5, 5.41) is 1.78. The molecule has 1 aromatic carbocycles. The van der Waals surface area contributed by atoms with Crippen LogP contribution in [0.2, 0.25) is 5.02 Å². The molecule has 2 aromatic rings. The van der Waals surface area contributed by atoms with Gasteiger partial charge in [0.15, 0.2) is 0 Å². The van der Waals surface area contributed by atoms with Crippen molar-refractivity contribution in [3.63, 3.8) is 0 Å². The molecule has 0 spiro atoms. The summed E-state index contributed by atoms with van der Waals surface area (Å²) >= 11 is 6.18. The van der Waals surface area contributed by atoms with Gasteiger partial charge < -0.3 is 5.73 Å². The van der Waals surface area contributed by atoms with Gasteiger partial charge >= 0.3 is 0 Å². The van der Waals surface area contributed by atoms with Gasteiger partial charge in [0.05, 0.1) is 5.52 Å². The van der Waals surface area contributed by atoms with Crippen molar-refractivity contribution in [2.75, 3.05) is 6.54 Å². The molecule has 2 N–H and O–H groups in total. The maximum Gasteiger partial charge on any atom is 0.0749 e. The Hall–Kier alpha value is -1.12. The van der Waals surface area contributed by atoms with E-state index in [2.05, 4.69) is 11.1 Å².